The number of pyridine rings is 1. The summed E-state index contributed by atoms with van der Waals surface area (Å²) in [6, 6.07) is 4.57. The summed E-state index contributed by atoms with van der Waals surface area (Å²) in [5.41, 5.74) is 1.04. The van der Waals surface area contributed by atoms with Gasteiger partial charge in [0.1, 0.15) is 12.7 Å². The number of nitrogens with one attached hydrogen (secondary N) is 1. The molecule has 1 aliphatic carbocycles. The van der Waals surface area contributed by atoms with Crippen LogP contribution in [0.3, 0.4) is 0 Å². The van der Waals surface area contributed by atoms with Crippen molar-refractivity contribution in [3.8, 4) is 5.82 Å². The molecule has 5 heteroatoms. The number of rotatable bonds is 4. The zero-order valence-electron chi connectivity index (χ0n) is 11.2. The average Bonchev–Trinajstić information content (AvgIpc) is 3.10. The van der Waals surface area contributed by atoms with E-state index in [-0.39, 0.29) is 0 Å². The van der Waals surface area contributed by atoms with Gasteiger partial charge in [-0.2, -0.15) is 5.10 Å². The molecule has 0 bridgehead atoms. The molecule has 2 atom stereocenters. The molecule has 2 unspecified atom stereocenters. The first kappa shape index (κ1) is 12.1. The lowest BCUT2D eigenvalue weighted by molar-refractivity contribution is 0.489. The van der Waals surface area contributed by atoms with Gasteiger partial charge in [0, 0.05) is 12.2 Å². The molecule has 1 N–H and O–H groups in total. The van der Waals surface area contributed by atoms with Crippen LogP contribution in [0.2, 0.25) is 0 Å². The fraction of sp³-hybridized carbons (Fsp3) is 0.500. The molecule has 0 aromatic carbocycles. The molecular weight excluding hydrogens is 238 g/mol. The SMILES string of the molecule is CCC1CCCC1Nc1cccnc1-n1cncn1. The fourth-order valence-electron chi connectivity index (χ4n) is 2.93. The Morgan fingerprint density at radius 2 is 2.37 bits per heavy atom. The minimum Gasteiger partial charge on any atom is -0.379 e. The second kappa shape index (κ2) is 5.38. The summed E-state index contributed by atoms with van der Waals surface area (Å²) in [4.78, 5) is 8.40. The first-order valence-electron chi connectivity index (χ1n) is 6.95. The van der Waals surface area contributed by atoms with E-state index in [4.69, 9.17) is 0 Å². The molecule has 0 radical (unpaired) electrons. The van der Waals surface area contributed by atoms with Crippen molar-refractivity contribution in [1.29, 1.82) is 0 Å². The van der Waals surface area contributed by atoms with Crippen molar-refractivity contribution in [2.45, 2.75) is 38.6 Å². The maximum atomic E-state index is 4.41. The number of hydrogen-bond acceptors (Lipinski definition) is 4. The number of hydrogen-bond donors (Lipinski definition) is 1. The highest BCUT2D eigenvalue weighted by Crippen LogP contribution is 2.31. The van der Waals surface area contributed by atoms with Gasteiger partial charge in [-0.05, 0) is 30.9 Å². The third kappa shape index (κ3) is 2.45. The van der Waals surface area contributed by atoms with Crippen LogP contribution in [0.1, 0.15) is 32.6 Å². The van der Waals surface area contributed by atoms with Crippen molar-refractivity contribution >= 4 is 5.69 Å². The highest BCUT2D eigenvalue weighted by molar-refractivity contribution is 5.56. The van der Waals surface area contributed by atoms with Gasteiger partial charge in [0.2, 0.25) is 0 Å². The van der Waals surface area contributed by atoms with Crippen LogP contribution in [0, 0.1) is 5.92 Å². The van der Waals surface area contributed by atoms with Crippen LogP contribution in [0.25, 0.3) is 5.82 Å². The van der Waals surface area contributed by atoms with Crippen molar-refractivity contribution in [3.63, 3.8) is 0 Å². The van der Waals surface area contributed by atoms with Gasteiger partial charge in [0.25, 0.3) is 0 Å². The molecule has 2 aromatic heterocycles. The van der Waals surface area contributed by atoms with Gasteiger partial charge >= 0.3 is 0 Å². The quantitative estimate of drug-likeness (QED) is 0.915. The molecular formula is C14H19N5. The van der Waals surface area contributed by atoms with Gasteiger partial charge in [-0.1, -0.05) is 19.8 Å². The van der Waals surface area contributed by atoms with Gasteiger partial charge in [0.05, 0.1) is 5.69 Å². The van der Waals surface area contributed by atoms with Crippen LogP contribution in [-0.2, 0) is 0 Å². The molecule has 5 nitrogen and oxygen atoms in total. The second-order valence-corrected chi connectivity index (χ2v) is 5.06. The van der Waals surface area contributed by atoms with Crippen LogP contribution in [0.15, 0.2) is 31.0 Å². The largest absolute Gasteiger partial charge is 0.379 e. The van der Waals surface area contributed by atoms with E-state index < -0.39 is 0 Å². The molecule has 0 spiro atoms. The normalized spacial score (nSPS) is 22.6. The summed E-state index contributed by atoms with van der Waals surface area (Å²) in [5.74, 6) is 1.59. The van der Waals surface area contributed by atoms with E-state index >= 15 is 0 Å². The van der Waals surface area contributed by atoms with Gasteiger partial charge in [-0.15, -0.1) is 0 Å². The fourth-order valence-corrected chi connectivity index (χ4v) is 2.93. The van der Waals surface area contributed by atoms with E-state index in [2.05, 4.69) is 33.4 Å². The average molecular weight is 257 g/mol. The summed E-state index contributed by atoms with van der Waals surface area (Å²) in [5, 5.41) is 7.81. The molecule has 1 saturated carbocycles. The van der Waals surface area contributed by atoms with Crippen LogP contribution in [0.4, 0.5) is 5.69 Å². The molecule has 1 aliphatic rings. The van der Waals surface area contributed by atoms with E-state index in [9.17, 15) is 0 Å². The lowest BCUT2D eigenvalue weighted by atomic mass is 10.0. The Kier molecular flexibility index (Phi) is 3.44. The standard InChI is InChI=1S/C14H19N5/c1-2-11-5-3-6-12(11)18-13-7-4-8-16-14(13)19-10-15-9-17-19/h4,7-12,18H,2-3,5-6H2,1H3. The van der Waals surface area contributed by atoms with Crippen molar-refractivity contribution in [2.75, 3.05) is 5.32 Å². The van der Waals surface area contributed by atoms with Crippen molar-refractivity contribution < 1.29 is 0 Å². The molecule has 0 aliphatic heterocycles. The third-order valence-electron chi connectivity index (χ3n) is 3.95. The number of nitrogens with zero attached hydrogens (tertiary/aromatic N) is 4. The summed E-state index contributed by atoms with van der Waals surface area (Å²) in [6.45, 7) is 2.27. The molecule has 3 rings (SSSR count). The van der Waals surface area contributed by atoms with Gasteiger partial charge in [0.15, 0.2) is 5.82 Å². The predicted molar refractivity (Wildman–Crippen MR) is 74.2 cm³/mol. The van der Waals surface area contributed by atoms with Crippen LogP contribution >= 0.6 is 0 Å². The molecule has 2 heterocycles. The highest BCUT2D eigenvalue weighted by Gasteiger charge is 2.26. The first-order chi connectivity index (χ1) is 9.38. The van der Waals surface area contributed by atoms with Crippen LogP contribution in [0.5, 0.6) is 0 Å². The van der Waals surface area contributed by atoms with E-state index in [0.717, 1.165) is 17.4 Å². The molecule has 0 amide bonds. The Hall–Kier alpha value is -1.91. The zero-order valence-corrected chi connectivity index (χ0v) is 11.2. The van der Waals surface area contributed by atoms with Crippen molar-refractivity contribution in [2.24, 2.45) is 5.92 Å². The highest BCUT2D eigenvalue weighted by atomic mass is 15.3. The van der Waals surface area contributed by atoms with Gasteiger partial charge < -0.3 is 5.32 Å². The predicted octanol–water partition coefficient (Wildman–Crippen LogP) is 2.65. The molecule has 100 valence electrons. The van der Waals surface area contributed by atoms with Gasteiger partial charge in [-0.3, -0.25) is 0 Å². The third-order valence-corrected chi connectivity index (χ3v) is 3.95. The van der Waals surface area contributed by atoms with E-state index in [1.165, 1.54) is 32.0 Å². The molecule has 2 aromatic rings. The first-order valence-corrected chi connectivity index (χ1v) is 6.95. The maximum absolute atomic E-state index is 4.41. The van der Waals surface area contributed by atoms with Crippen molar-refractivity contribution in [1.82, 2.24) is 19.7 Å². The summed E-state index contributed by atoms with van der Waals surface area (Å²) in [6.07, 6.45) is 10.1. The summed E-state index contributed by atoms with van der Waals surface area (Å²) in [7, 11) is 0. The Bertz CT molecular complexity index is 522. The monoisotopic (exact) mass is 257 g/mol. The number of anilines is 1. The Labute approximate surface area is 113 Å². The van der Waals surface area contributed by atoms with E-state index in [1.807, 2.05) is 6.07 Å². The number of aromatic nitrogens is 4. The Morgan fingerprint density at radius 3 is 3.16 bits per heavy atom. The molecule has 19 heavy (non-hydrogen) atoms. The topological polar surface area (TPSA) is 55.6 Å². The van der Waals surface area contributed by atoms with Crippen LogP contribution in [-0.4, -0.2) is 25.8 Å². The smallest absolute Gasteiger partial charge is 0.178 e. The van der Waals surface area contributed by atoms with E-state index in [0.29, 0.717) is 6.04 Å². The van der Waals surface area contributed by atoms with Gasteiger partial charge in [-0.25, -0.2) is 14.6 Å². The summed E-state index contributed by atoms with van der Waals surface area (Å²) < 4.78 is 1.71. The Balaban J connectivity index is 1.85. The molecule has 0 saturated heterocycles. The molecule has 1 fully saturated rings. The lowest BCUT2D eigenvalue weighted by Crippen LogP contribution is -2.24. The summed E-state index contributed by atoms with van der Waals surface area (Å²) >= 11 is 0. The lowest BCUT2D eigenvalue weighted by Gasteiger charge is -2.21. The van der Waals surface area contributed by atoms with Crippen LogP contribution < -0.4 is 5.32 Å². The van der Waals surface area contributed by atoms with E-state index in [1.54, 1.807) is 17.2 Å². The minimum atomic E-state index is 0.552. The van der Waals surface area contributed by atoms with Crippen molar-refractivity contribution in [3.05, 3.63) is 31.0 Å². The Morgan fingerprint density at radius 1 is 1.42 bits per heavy atom. The zero-order chi connectivity index (χ0) is 13.1. The minimum absolute atomic E-state index is 0.552. The maximum Gasteiger partial charge on any atom is 0.178 e. The second-order valence-electron chi connectivity index (χ2n) is 5.06.